The summed E-state index contributed by atoms with van der Waals surface area (Å²) >= 11 is 0. The second-order valence-electron chi connectivity index (χ2n) is 6.01. The van der Waals surface area contributed by atoms with Crippen LogP contribution in [0.3, 0.4) is 0 Å². The van der Waals surface area contributed by atoms with E-state index in [0.717, 1.165) is 23.8 Å². The summed E-state index contributed by atoms with van der Waals surface area (Å²) in [6.07, 6.45) is 11.3. The Morgan fingerprint density at radius 2 is 1.74 bits per heavy atom. The molecule has 1 aliphatic rings. The van der Waals surface area contributed by atoms with E-state index in [1.807, 2.05) is 13.8 Å². The first-order valence-corrected chi connectivity index (χ1v) is 8.91. The summed E-state index contributed by atoms with van der Waals surface area (Å²) < 4.78 is 0. The Labute approximate surface area is 122 Å². The first kappa shape index (κ1) is 19.0. The van der Waals surface area contributed by atoms with Crippen LogP contribution in [0.2, 0.25) is 0 Å². The molecule has 116 valence electrons. The molecule has 0 aromatic heterocycles. The van der Waals surface area contributed by atoms with Crippen molar-refractivity contribution in [3.8, 4) is 0 Å². The summed E-state index contributed by atoms with van der Waals surface area (Å²) in [6.45, 7) is 11.2. The lowest BCUT2D eigenvalue weighted by Gasteiger charge is -2.39. The van der Waals surface area contributed by atoms with Crippen LogP contribution < -0.4 is 5.32 Å². The van der Waals surface area contributed by atoms with Gasteiger partial charge in [0.05, 0.1) is 0 Å². The Bertz CT molecular complexity index is 190. The van der Waals surface area contributed by atoms with E-state index in [0.29, 0.717) is 0 Å². The Kier molecular flexibility index (Phi) is 11.7. The van der Waals surface area contributed by atoms with Gasteiger partial charge in [0.1, 0.15) is 0 Å². The lowest BCUT2D eigenvalue weighted by atomic mass is 9.70. The lowest BCUT2D eigenvalue weighted by molar-refractivity contribution is 0.143. The minimum Gasteiger partial charge on any atom is -0.317 e. The molecule has 0 radical (unpaired) electrons. The van der Waals surface area contributed by atoms with Gasteiger partial charge in [-0.1, -0.05) is 73.1 Å². The number of nitrogens with one attached hydrogen (secondary N) is 1. The van der Waals surface area contributed by atoms with Crippen LogP contribution in [0.25, 0.3) is 0 Å². The fourth-order valence-electron chi connectivity index (χ4n) is 3.80. The minimum atomic E-state index is 0.787. The van der Waals surface area contributed by atoms with Crippen molar-refractivity contribution >= 4 is 0 Å². The average Bonchev–Trinajstić information content (AvgIpc) is 2.49. The highest BCUT2D eigenvalue weighted by molar-refractivity contribution is 4.85. The molecule has 1 fully saturated rings. The van der Waals surface area contributed by atoms with Crippen LogP contribution >= 0.6 is 0 Å². The molecule has 1 nitrogen and oxygen atoms in total. The molecule has 0 spiro atoms. The van der Waals surface area contributed by atoms with Gasteiger partial charge in [-0.2, -0.15) is 0 Å². The minimum absolute atomic E-state index is 0.787. The summed E-state index contributed by atoms with van der Waals surface area (Å²) in [6, 6.07) is 0.787. The third kappa shape index (κ3) is 6.29. The van der Waals surface area contributed by atoms with Crippen molar-refractivity contribution in [1.29, 1.82) is 0 Å². The summed E-state index contributed by atoms with van der Waals surface area (Å²) in [7, 11) is 2.16. The van der Waals surface area contributed by atoms with E-state index in [-0.39, 0.29) is 0 Å². The standard InChI is InChI=1S/C16H33N.C2H6/c1-5-7-10-14(6-2)13(3)15-11-8-9-12-16(15)17-4;1-2/h13-17H,5-12H2,1-4H3;1-2H3. The maximum atomic E-state index is 3.57. The molecule has 4 unspecified atom stereocenters. The molecule has 1 rings (SSSR count). The molecule has 4 atom stereocenters. The summed E-state index contributed by atoms with van der Waals surface area (Å²) in [5, 5.41) is 3.57. The van der Waals surface area contributed by atoms with E-state index in [2.05, 4.69) is 33.1 Å². The molecule has 19 heavy (non-hydrogen) atoms. The summed E-state index contributed by atoms with van der Waals surface area (Å²) in [5.41, 5.74) is 0. The topological polar surface area (TPSA) is 12.0 Å². The van der Waals surface area contributed by atoms with Crippen molar-refractivity contribution in [2.75, 3.05) is 7.05 Å². The highest BCUT2D eigenvalue weighted by atomic mass is 14.9. The first-order valence-electron chi connectivity index (χ1n) is 8.91. The van der Waals surface area contributed by atoms with Crippen molar-refractivity contribution in [2.24, 2.45) is 17.8 Å². The average molecular weight is 270 g/mol. The number of hydrogen-bond donors (Lipinski definition) is 1. The maximum absolute atomic E-state index is 3.57. The highest BCUT2D eigenvalue weighted by Gasteiger charge is 2.31. The monoisotopic (exact) mass is 269 g/mol. The predicted molar refractivity (Wildman–Crippen MR) is 88.6 cm³/mol. The summed E-state index contributed by atoms with van der Waals surface area (Å²) in [4.78, 5) is 0. The van der Waals surface area contributed by atoms with Crippen LogP contribution in [0.1, 0.15) is 86.0 Å². The molecule has 0 amide bonds. The second-order valence-corrected chi connectivity index (χ2v) is 6.01. The normalized spacial score (nSPS) is 26.2. The van der Waals surface area contributed by atoms with Crippen LogP contribution in [-0.2, 0) is 0 Å². The third-order valence-corrected chi connectivity index (χ3v) is 5.06. The Morgan fingerprint density at radius 3 is 2.26 bits per heavy atom. The zero-order chi connectivity index (χ0) is 14.7. The molecule has 0 heterocycles. The van der Waals surface area contributed by atoms with Gasteiger partial charge < -0.3 is 5.32 Å². The van der Waals surface area contributed by atoms with Crippen molar-refractivity contribution in [3.63, 3.8) is 0 Å². The zero-order valence-corrected chi connectivity index (χ0v) is 14.5. The number of rotatable bonds is 7. The Balaban J connectivity index is 0.00000154. The van der Waals surface area contributed by atoms with Crippen LogP contribution in [0, 0.1) is 17.8 Å². The van der Waals surface area contributed by atoms with E-state index >= 15 is 0 Å². The molecule has 1 heteroatoms. The molecular weight excluding hydrogens is 230 g/mol. The van der Waals surface area contributed by atoms with E-state index in [1.54, 1.807) is 0 Å². The molecule has 1 saturated carbocycles. The third-order valence-electron chi connectivity index (χ3n) is 5.06. The fourth-order valence-corrected chi connectivity index (χ4v) is 3.80. The summed E-state index contributed by atoms with van der Waals surface area (Å²) in [5.74, 6) is 2.79. The number of unbranched alkanes of at least 4 members (excludes halogenated alkanes) is 1. The molecule has 0 bridgehead atoms. The molecule has 0 saturated heterocycles. The SMILES string of the molecule is CC.CCCCC(CC)C(C)C1CCCCC1NC. The van der Waals surface area contributed by atoms with E-state index in [4.69, 9.17) is 0 Å². The second kappa shape index (κ2) is 11.8. The largest absolute Gasteiger partial charge is 0.317 e. The smallest absolute Gasteiger partial charge is 0.00949 e. The van der Waals surface area contributed by atoms with E-state index in [9.17, 15) is 0 Å². The molecule has 0 aliphatic heterocycles. The molecule has 1 N–H and O–H groups in total. The quantitative estimate of drug-likeness (QED) is 0.630. The molecular formula is C18H39N. The van der Waals surface area contributed by atoms with Gasteiger partial charge in [0, 0.05) is 6.04 Å². The predicted octanol–water partition coefficient (Wildman–Crippen LogP) is 5.64. The maximum Gasteiger partial charge on any atom is 0.00949 e. The lowest BCUT2D eigenvalue weighted by Crippen LogP contribution is -2.41. The van der Waals surface area contributed by atoms with Crippen LogP contribution in [0.4, 0.5) is 0 Å². The molecule has 0 aromatic carbocycles. The van der Waals surface area contributed by atoms with Gasteiger partial charge in [-0.15, -0.1) is 0 Å². The van der Waals surface area contributed by atoms with Crippen molar-refractivity contribution in [2.45, 2.75) is 92.0 Å². The Morgan fingerprint density at radius 1 is 1.11 bits per heavy atom. The van der Waals surface area contributed by atoms with E-state index < -0.39 is 0 Å². The van der Waals surface area contributed by atoms with Gasteiger partial charge in [-0.05, 0) is 37.6 Å². The number of hydrogen-bond acceptors (Lipinski definition) is 1. The van der Waals surface area contributed by atoms with Crippen molar-refractivity contribution in [1.82, 2.24) is 5.32 Å². The van der Waals surface area contributed by atoms with E-state index in [1.165, 1.54) is 51.4 Å². The fraction of sp³-hybridized carbons (Fsp3) is 1.00. The molecule has 1 aliphatic carbocycles. The Hall–Kier alpha value is -0.0400. The molecule has 0 aromatic rings. The van der Waals surface area contributed by atoms with Gasteiger partial charge >= 0.3 is 0 Å². The van der Waals surface area contributed by atoms with Crippen molar-refractivity contribution < 1.29 is 0 Å². The first-order chi connectivity index (χ1) is 9.24. The van der Waals surface area contributed by atoms with Gasteiger partial charge in [0.25, 0.3) is 0 Å². The zero-order valence-electron chi connectivity index (χ0n) is 14.5. The van der Waals surface area contributed by atoms with Gasteiger partial charge in [0.2, 0.25) is 0 Å². The van der Waals surface area contributed by atoms with Crippen molar-refractivity contribution in [3.05, 3.63) is 0 Å². The van der Waals surface area contributed by atoms with Gasteiger partial charge in [-0.25, -0.2) is 0 Å². The van der Waals surface area contributed by atoms with Crippen LogP contribution in [0.15, 0.2) is 0 Å². The van der Waals surface area contributed by atoms with Crippen LogP contribution in [-0.4, -0.2) is 13.1 Å². The van der Waals surface area contributed by atoms with Crippen LogP contribution in [0.5, 0.6) is 0 Å². The van der Waals surface area contributed by atoms with Gasteiger partial charge in [-0.3, -0.25) is 0 Å². The van der Waals surface area contributed by atoms with Gasteiger partial charge in [0.15, 0.2) is 0 Å². The highest BCUT2D eigenvalue weighted by Crippen LogP contribution is 2.36.